The Morgan fingerprint density at radius 3 is 2.67 bits per heavy atom. The highest BCUT2D eigenvalue weighted by atomic mass is 16.3. The van der Waals surface area contributed by atoms with Crippen molar-refractivity contribution >= 4 is 11.5 Å². The molecular formula is C14H24N4O3. The van der Waals surface area contributed by atoms with E-state index in [0.717, 1.165) is 12.8 Å². The van der Waals surface area contributed by atoms with E-state index < -0.39 is 17.4 Å². The minimum atomic E-state index is -0.512. The Labute approximate surface area is 123 Å². The average Bonchev–Trinajstić information content (AvgIpc) is 2.41. The summed E-state index contributed by atoms with van der Waals surface area (Å²) in [5.74, 6) is 0.161. The fourth-order valence-corrected chi connectivity index (χ4v) is 2.59. The van der Waals surface area contributed by atoms with Crippen LogP contribution in [0.4, 0.5) is 11.5 Å². The van der Waals surface area contributed by atoms with Crippen LogP contribution in [0.5, 0.6) is 0 Å². The Morgan fingerprint density at radius 1 is 1.48 bits per heavy atom. The first kappa shape index (κ1) is 15.6. The molecule has 2 unspecified atom stereocenters. The molecule has 1 saturated carbocycles. The fourth-order valence-electron chi connectivity index (χ4n) is 2.59. The average molecular weight is 296 g/mol. The Hall–Kier alpha value is -1.76. The predicted molar refractivity (Wildman–Crippen MR) is 82.5 cm³/mol. The molecular weight excluding hydrogens is 272 g/mol. The smallest absolute Gasteiger partial charge is 0.330 e. The highest BCUT2D eigenvalue weighted by Crippen LogP contribution is 2.42. The van der Waals surface area contributed by atoms with Gasteiger partial charge in [-0.1, -0.05) is 27.2 Å². The second-order valence-corrected chi connectivity index (χ2v) is 6.29. The van der Waals surface area contributed by atoms with Crippen molar-refractivity contribution < 1.29 is 5.11 Å². The number of H-pyrrole nitrogens is 1. The normalized spacial score (nSPS) is 23.6. The van der Waals surface area contributed by atoms with E-state index in [-0.39, 0.29) is 23.0 Å². The number of anilines is 2. The Morgan fingerprint density at radius 2 is 2.14 bits per heavy atom. The molecule has 0 bridgehead atoms. The molecule has 1 aliphatic rings. The SMILES string of the molecule is CCCCn1c(N)c(NC2CC(O)C2(C)C)c(=O)[nH]c1=O. The molecule has 1 aliphatic carbocycles. The quantitative estimate of drug-likeness (QED) is 0.631. The van der Waals surface area contributed by atoms with Crippen LogP contribution in [0.15, 0.2) is 9.59 Å². The van der Waals surface area contributed by atoms with Gasteiger partial charge in [0.15, 0.2) is 0 Å². The summed E-state index contributed by atoms with van der Waals surface area (Å²) in [6.07, 6.45) is 1.89. The highest BCUT2D eigenvalue weighted by Gasteiger charge is 2.47. The van der Waals surface area contributed by atoms with Gasteiger partial charge < -0.3 is 16.2 Å². The van der Waals surface area contributed by atoms with Crippen molar-refractivity contribution in [2.75, 3.05) is 11.1 Å². The minimum Gasteiger partial charge on any atom is -0.392 e. The van der Waals surface area contributed by atoms with Crippen LogP contribution < -0.4 is 22.3 Å². The fraction of sp³-hybridized carbons (Fsp3) is 0.714. The van der Waals surface area contributed by atoms with Gasteiger partial charge >= 0.3 is 5.69 Å². The molecule has 0 radical (unpaired) electrons. The Balaban J connectivity index is 2.32. The summed E-state index contributed by atoms with van der Waals surface area (Å²) in [6, 6.07) is -0.0481. The van der Waals surface area contributed by atoms with Gasteiger partial charge in [0, 0.05) is 18.0 Å². The number of aromatic nitrogens is 2. The topological polar surface area (TPSA) is 113 Å². The lowest BCUT2D eigenvalue weighted by Crippen LogP contribution is -2.57. The van der Waals surface area contributed by atoms with E-state index in [1.807, 2.05) is 20.8 Å². The summed E-state index contributed by atoms with van der Waals surface area (Å²) < 4.78 is 1.38. The Kier molecular flexibility index (Phi) is 4.13. The number of nitrogens with zero attached hydrogens (tertiary/aromatic N) is 1. The van der Waals surface area contributed by atoms with Crippen LogP contribution in [0.3, 0.4) is 0 Å². The van der Waals surface area contributed by atoms with E-state index in [9.17, 15) is 14.7 Å². The number of nitrogen functional groups attached to an aromatic ring is 1. The van der Waals surface area contributed by atoms with Gasteiger partial charge in [-0.2, -0.15) is 0 Å². The highest BCUT2D eigenvalue weighted by molar-refractivity contribution is 5.61. The van der Waals surface area contributed by atoms with Crippen LogP contribution >= 0.6 is 0 Å². The lowest BCUT2D eigenvalue weighted by molar-refractivity contribution is -0.0510. The molecule has 0 saturated heterocycles. The third-order valence-corrected chi connectivity index (χ3v) is 4.51. The van der Waals surface area contributed by atoms with Crippen molar-refractivity contribution in [3.8, 4) is 0 Å². The van der Waals surface area contributed by atoms with Crippen molar-refractivity contribution in [1.82, 2.24) is 9.55 Å². The molecule has 0 spiro atoms. The van der Waals surface area contributed by atoms with Gasteiger partial charge in [0.1, 0.15) is 11.5 Å². The third kappa shape index (κ3) is 2.70. The first-order valence-corrected chi connectivity index (χ1v) is 7.36. The number of aromatic amines is 1. The molecule has 2 rings (SSSR count). The van der Waals surface area contributed by atoms with Crippen LogP contribution in [0.1, 0.15) is 40.0 Å². The van der Waals surface area contributed by atoms with Gasteiger partial charge in [0.05, 0.1) is 6.10 Å². The number of aliphatic hydroxyl groups excluding tert-OH is 1. The molecule has 1 aromatic heterocycles. The van der Waals surface area contributed by atoms with E-state index in [4.69, 9.17) is 5.73 Å². The molecule has 21 heavy (non-hydrogen) atoms. The number of nitrogens with two attached hydrogens (primary N) is 1. The summed E-state index contributed by atoms with van der Waals surface area (Å²) in [4.78, 5) is 26.1. The maximum atomic E-state index is 12.0. The number of hydrogen-bond acceptors (Lipinski definition) is 5. The monoisotopic (exact) mass is 296 g/mol. The molecule has 0 aromatic carbocycles. The molecule has 7 nitrogen and oxygen atoms in total. The van der Waals surface area contributed by atoms with Crippen molar-refractivity contribution in [2.45, 2.75) is 58.7 Å². The Bertz CT molecular complexity index is 632. The lowest BCUT2D eigenvalue weighted by atomic mass is 9.64. The number of unbranched alkanes of at least 4 members (excludes halogenated alkanes) is 1. The third-order valence-electron chi connectivity index (χ3n) is 4.51. The van der Waals surface area contributed by atoms with Crippen molar-refractivity contribution in [3.63, 3.8) is 0 Å². The molecule has 118 valence electrons. The molecule has 1 heterocycles. The molecule has 5 N–H and O–H groups in total. The predicted octanol–water partition coefficient (Wildman–Crippen LogP) is 0.490. The van der Waals surface area contributed by atoms with Gasteiger partial charge in [-0.25, -0.2) is 4.79 Å². The number of nitrogens with one attached hydrogen (secondary N) is 2. The second-order valence-electron chi connectivity index (χ2n) is 6.29. The number of rotatable bonds is 5. The van der Waals surface area contributed by atoms with Crippen molar-refractivity contribution in [1.29, 1.82) is 0 Å². The molecule has 0 amide bonds. The maximum Gasteiger partial charge on any atom is 0.330 e. The van der Waals surface area contributed by atoms with Gasteiger partial charge in [-0.05, 0) is 12.8 Å². The van der Waals surface area contributed by atoms with Gasteiger partial charge in [-0.3, -0.25) is 14.3 Å². The van der Waals surface area contributed by atoms with Crippen molar-refractivity contribution in [3.05, 3.63) is 20.8 Å². The van der Waals surface area contributed by atoms with E-state index in [0.29, 0.717) is 13.0 Å². The molecule has 1 fully saturated rings. The zero-order chi connectivity index (χ0) is 15.8. The summed E-state index contributed by atoms with van der Waals surface area (Å²) in [6.45, 7) is 6.35. The van der Waals surface area contributed by atoms with Crippen molar-refractivity contribution in [2.24, 2.45) is 5.41 Å². The van der Waals surface area contributed by atoms with Gasteiger partial charge in [-0.15, -0.1) is 0 Å². The largest absolute Gasteiger partial charge is 0.392 e. The van der Waals surface area contributed by atoms with Gasteiger partial charge in [0.2, 0.25) is 0 Å². The number of hydrogen-bond donors (Lipinski definition) is 4. The standard InChI is InChI=1S/C14H24N4O3/c1-4-5-6-18-11(15)10(12(20)17-13(18)21)16-8-7-9(19)14(8,2)3/h8-9,16,19H,4-7,15H2,1-3H3,(H,17,20,21). The molecule has 0 aliphatic heterocycles. The van der Waals surface area contributed by atoms with Crippen LogP contribution in [0.2, 0.25) is 0 Å². The molecule has 2 atom stereocenters. The molecule has 7 heteroatoms. The summed E-state index contributed by atoms with van der Waals surface area (Å²) in [7, 11) is 0. The first-order valence-electron chi connectivity index (χ1n) is 7.36. The second kappa shape index (κ2) is 5.55. The van der Waals surface area contributed by atoms with Crippen LogP contribution in [-0.4, -0.2) is 26.8 Å². The van der Waals surface area contributed by atoms with Crippen LogP contribution in [-0.2, 0) is 6.54 Å². The summed E-state index contributed by atoms with van der Waals surface area (Å²) in [5, 5.41) is 12.9. The van der Waals surface area contributed by atoms with Crippen LogP contribution in [0.25, 0.3) is 0 Å². The zero-order valence-electron chi connectivity index (χ0n) is 12.8. The molecule has 1 aromatic rings. The lowest BCUT2D eigenvalue weighted by Gasteiger charge is -2.49. The van der Waals surface area contributed by atoms with Crippen LogP contribution in [0, 0.1) is 5.41 Å². The van der Waals surface area contributed by atoms with E-state index in [2.05, 4.69) is 10.3 Å². The van der Waals surface area contributed by atoms with E-state index in [1.165, 1.54) is 4.57 Å². The summed E-state index contributed by atoms with van der Waals surface area (Å²) >= 11 is 0. The minimum absolute atomic E-state index is 0.0481. The number of aliphatic hydroxyl groups is 1. The first-order chi connectivity index (χ1) is 9.78. The zero-order valence-corrected chi connectivity index (χ0v) is 12.8. The van der Waals surface area contributed by atoms with E-state index in [1.54, 1.807) is 0 Å². The van der Waals surface area contributed by atoms with Gasteiger partial charge in [0.25, 0.3) is 5.56 Å². The van der Waals surface area contributed by atoms with E-state index >= 15 is 0 Å². The summed E-state index contributed by atoms with van der Waals surface area (Å²) in [5.41, 5.74) is 4.89. The maximum absolute atomic E-state index is 12.0.